The molecule has 0 saturated heterocycles. The van der Waals surface area contributed by atoms with Crippen molar-refractivity contribution in [1.29, 1.82) is 0 Å². The van der Waals surface area contributed by atoms with Crippen LogP contribution in [0, 0.1) is 0 Å². The summed E-state index contributed by atoms with van der Waals surface area (Å²) in [4.78, 5) is 12.6. The Kier molecular flexibility index (Phi) is 8.80. The molecule has 3 aromatic rings. The van der Waals surface area contributed by atoms with Crippen LogP contribution in [0.5, 0.6) is 11.5 Å². The average molecular weight is 541 g/mol. The first-order chi connectivity index (χ1) is 17.8. The highest BCUT2D eigenvalue weighted by Gasteiger charge is 2.38. The number of amides is 2. The first kappa shape index (κ1) is 28.7. The minimum atomic E-state index is -4.96. The zero-order valence-electron chi connectivity index (χ0n) is 20.5. The van der Waals surface area contributed by atoms with Crippen molar-refractivity contribution in [3.8, 4) is 11.5 Å². The fourth-order valence-electron chi connectivity index (χ4n) is 4.11. The topological polar surface area (TPSA) is 59.6 Å². The number of urea groups is 1. The van der Waals surface area contributed by atoms with Crippen LogP contribution in [0.25, 0.3) is 0 Å². The third-order valence-electron chi connectivity index (χ3n) is 5.56. The van der Waals surface area contributed by atoms with Crippen LogP contribution < -0.4 is 20.1 Å². The minimum Gasteiger partial charge on any atom is -0.406 e. The van der Waals surface area contributed by atoms with Gasteiger partial charge in [0.05, 0.1) is 0 Å². The molecule has 0 fully saturated rings. The Morgan fingerprint density at radius 1 is 0.763 bits per heavy atom. The first-order valence-corrected chi connectivity index (χ1v) is 11.6. The summed E-state index contributed by atoms with van der Waals surface area (Å²) < 4.78 is 86.3. The zero-order valence-corrected chi connectivity index (χ0v) is 20.5. The predicted octanol–water partition coefficient (Wildman–Crippen LogP) is 6.72. The van der Waals surface area contributed by atoms with Gasteiger partial charge in [-0.1, -0.05) is 54.6 Å². The fourth-order valence-corrected chi connectivity index (χ4v) is 4.11. The highest BCUT2D eigenvalue weighted by molar-refractivity contribution is 5.74. The van der Waals surface area contributed by atoms with Gasteiger partial charge < -0.3 is 20.1 Å². The average Bonchev–Trinajstić information content (AvgIpc) is 2.80. The Bertz CT molecular complexity index is 1150. The SMILES string of the molecule is CC(C)NC(=O)NCC(Cc1ccccc1)(c1cccc(OC(F)(F)F)c1)c1cccc(OC(F)(F)F)c1. The molecule has 5 nitrogen and oxygen atoms in total. The van der Waals surface area contributed by atoms with Gasteiger partial charge in [0.25, 0.3) is 0 Å². The van der Waals surface area contributed by atoms with Crippen molar-refractivity contribution in [2.75, 3.05) is 6.54 Å². The van der Waals surface area contributed by atoms with Gasteiger partial charge in [-0.15, -0.1) is 26.3 Å². The maximum absolute atomic E-state index is 13.0. The second-order valence-corrected chi connectivity index (χ2v) is 8.88. The van der Waals surface area contributed by atoms with Crippen LogP contribution in [0.3, 0.4) is 0 Å². The van der Waals surface area contributed by atoms with Crippen molar-refractivity contribution in [3.05, 3.63) is 95.6 Å². The molecule has 2 amide bonds. The molecule has 0 aromatic heterocycles. The van der Waals surface area contributed by atoms with Gasteiger partial charge in [0.2, 0.25) is 0 Å². The predicted molar refractivity (Wildman–Crippen MR) is 129 cm³/mol. The molecule has 38 heavy (non-hydrogen) atoms. The number of ether oxygens (including phenoxy) is 2. The van der Waals surface area contributed by atoms with Crippen molar-refractivity contribution in [2.45, 2.75) is 44.4 Å². The van der Waals surface area contributed by atoms with Crippen LogP contribution in [0.2, 0.25) is 0 Å². The normalized spacial score (nSPS) is 12.2. The maximum atomic E-state index is 13.0. The standard InChI is InChI=1S/C27H26F6N2O3/c1-18(2)35-24(36)34-17-25(16-19-8-4-3-5-9-19,20-10-6-12-22(14-20)37-26(28,29)30)21-11-7-13-23(15-21)38-27(31,32)33/h3-15,18H,16-17H2,1-2H3,(H2,34,35,36). The molecule has 0 spiro atoms. The van der Waals surface area contributed by atoms with Gasteiger partial charge >= 0.3 is 18.8 Å². The monoisotopic (exact) mass is 540 g/mol. The number of carbonyl (C=O) groups is 1. The minimum absolute atomic E-state index is 0.112. The number of nitrogens with one attached hydrogen (secondary N) is 2. The Balaban J connectivity index is 2.21. The molecule has 0 heterocycles. The van der Waals surface area contributed by atoms with Crippen LogP contribution >= 0.6 is 0 Å². The summed E-state index contributed by atoms with van der Waals surface area (Å²) in [5.74, 6) is -1.02. The Labute approximate surface area is 215 Å². The number of alkyl halides is 6. The van der Waals surface area contributed by atoms with Crippen molar-refractivity contribution >= 4 is 6.03 Å². The molecule has 0 unspecified atom stereocenters. The van der Waals surface area contributed by atoms with E-state index < -0.39 is 35.7 Å². The van der Waals surface area contributed by atoms with Crippen LogP contribution in [-0.4, -0.2) is 31.3 Å². The Hall–Kier alpha value is -3.89. The van der Waals surface area contributed by atoms with E-state index in [1.165, 1.54) is 24.3 Å². The van der Waals surface area contributed by atoms with E-state index in [0.717, 1.165) is 29.8 Å². The fraction of sp³-hybridized carbons (Fsp3) is 0.296. The molecular weight excluding hydrogens is 514 g/mol. The molecule has 0 aliphatic rings. The molecule has 0 saturated carbocycles. The second-order valence-electron chi connectivity index (χ2n) is 8.88. The van der Waals surface area contributed by atoms with Crippen molar-refractivity contribution in [2.24, 2.45) is 0 Å². The number of hydrogen-bond acceptors (Lipinski definition) is 3. The molecule has 2 N–H and O–H groups in total. The van der Waals surface area contributed by atoms with E-state index >= 15 is 0 Å². The highest BCUT2D eigenvalue weighted by Crippen LogP contribution is 2.39. The van der Waals surface area contributed by atoms with Gasteiger partial charge in [-0.25, -0.2) is 4.79 Å². The summed E-state index contributed by atoms with van der Waals surface area (Å²) in [5, 5.41) is 5.40. The molecular formula is C27H26F6N2O3. The lowest BCUT2D eigenvalue weighted by Crippen LogP contribution is -2.48. The smallest absolute Gasteiger partial charge is 0.406 e. The molecule has 0 aliphatic heterocycles. The number of benzene rings is 3. The molecule has 3 aromatic carbocycles. The summed E-state index contributed by atoms with van der Waals surface area (Å²) in [6, 6.07) is 18.4. The summed E-state index contributed by atoms with van der Waals surface area (Å²) in [6.07, 6.45) is -9.81. The molecule has 0 aliphatic carbocycles. The van der Waals surface area contributed by atoms with E-state index in [2.05, 4.69) is 20.1 Å². The maximum Gasteiger partial charge on any atom is 0.573 e. The van der Waals surface area contributed by atoms with Gasteiger partial charge in [0, 0.05) is 18.0 Å². The van der Waals surface area contributed by atoms with Gasteiger partial charge in [-0.3, -0.25) is 0 Å². The number of halogens is 6. The van der Waals surface area contributed by atoms with E-state index in [9.17, 15) is 31.1 Å². The molecule has 11 heteroatoms. The lowest BCUT2D eigenvalue weighted by molar-refractivity contribution is -0.275. The van der Waals surface area contributed by atoms with E-state index in [1.54, 1.807) is 44.2 Å². The number of carbonyl (C=O) groups excluding carboxylic acids is 1. The molecule has 204 valence electrons. The number of hydrogen-bond donors (Lipinski definition) is 2. The molecule has 0 bridgehead atoms. The quantitative estimate of drug-likeness (QED) is 0.296. The summed E-state index contributed by atoms with van der Waals surface area (Å²) in [7, 11) is 0. The van der Waals surface area contributed by atoms with E-state index in [1.807, 2.05) is 0 Å². The number of rotatable bonds is 9. The lowest BCUT2D eigenvalue weighted by Gasteiger charge is -2.36. The highest BCUT2D eigenvalue weighted by atomic mass is 19.4. The van der Waals surface area contributed by atoms with Crippen molar-refractivity contribution in [3.63, 3.8) is 0 Å². The summed E-state index contributed by atoms with van der Waals surface area (Å²) >= 11 is 0. The largest absolute Gasteiger partial charge is 0.573 e. The van der Waals surface area contributed by atoms with Gasteiger partial charge in [0.15, 0.2) is 0 Å². The molecule has 3 rings (SSSR count). The van der Waals surface area contributed by atoms with Crippen molar-refractivity contribution < 1.29 is 40.6 Å². The summed E-state index contributed by atoms with van der Waals surface area (Å²) in [6.45, 7) is 3.31. The summed E-state index contributed by atoms with van der Waals surface area (Å²) in [5.41, 5.74) is -0.0527. The molecule has 0 atom stereocenters. The van der Waals surface area contributed by atoms with Crippen LogP contribution in [0.1, 0.15) is 30.5 Å². The van der Waals surface area contributed by atoms with E-state index in [0.29, 0.717) is 0 Å². The van der Waals surface area contributed by atoms with Crippen molar-refractivity contribution in [1.82, 2.24) is 10.6 Å². The van der Waals surface area contributed by atoms with E-state index in [-0.39, 0.29) is 30.1 Å². The van der Waals surface area contributed by atoms with Crippen LogP contribution in [-0.2, 0) is 11.8 Å². The van der Waals surface area contributed by atoms with E-state index in [4.69, 9.17) is 0 Å². The first-order valence-electron chi connectivity index (χ1n) is 11.6. The third-order valence-corrected chi connectivity index (χ3v) is 5.56. The zero-order chi connectivity index (χ0) is 28.0. The van der Waals surface area contributed by atoms with Crippen LogP contribution in [0.15, 0.2) is 78.9 Å². The Morgan fingerprint density at radius 2 is 1.26 bits per heavy atom. The van der Waals surface area contributed by atoms with Gasteiger partial charge in [0.1, 0.15) is 11.5 Å². The van der Waals surface area contributed by atoms with Gasteiger partial charge in [-0.05, 0) is 61.2 Å². The third kappa shape index (κ3) is 8.32. The molecule has 0 radical (unpaired) electrons. The lowest BCUT2D eigenvalue weighted by atomic mass is 9.70. The Morgan fingerprint density at radius 3 is 1.71 bits per heavy atom. The van der Waals surface area contributed by atoms with Crippen LogP contribution in [0.4, 0.5) is 31.1 Å². The van der Waals surface area contributed by atoms with Gasteiger partial charge in [-0.2, -0.15) is 0 Å². The second kappa shape index (κ2) is 11.7.